The Morgan fingerprint density at radius 1 is 0.966 bits per heavy atom. The summed E-state index contributed by atoms with van der Waals surface area (Å²) in [5, 5.41) is 2.79. The number of nitrogens with zero attached hydrogens (tertiary/aromatic N) is 1. The number of amides is 3. The number of fused-ring (bicyclic) bond motifs is 3. The number of urea groups is 1. The van der Waals surface area contributed by atoms with Crippen molar-refractivity contribution in [1.29, 1.82) is 0 Å². The molecule has 2 aromatic rings. The van der Waals surface area contributed by atoms with Crippen LogP contribution in [0.15, 0.2) is 42.5 Å². The molecule has 2 aromatic carbocycles. The molecule has 0 aliphatic carbocycles. The fourth-order valence-corrected chi connectivity index (χ4v) is 3.97. The van der Waals surface area contributed by atoms with Gasteiger partial charge in [-0.2, -0.15) is 0 Å². The third kappa shape index (κ3) is 2.71. The van der Waals surface area contributed by atoms with Gasteiger partial charge in [0.05, 0.1) is 13.2 Å². The average molecular weight is 394 g/mol. The third-order valence-corrected chi connectivity index (χ3v) is 5.42. The van der Waals surface area contributed by atoms with E-state index in [0.717, 1.165) is 4.90 Å². The number of imide groups is 1. The number of ether oxygens (including phenoxy) is 3. The Bertz CT molecular complexity index is 1040. The van der Waals surface area contributed by atoms with Gasteiger partial charge in [0, 0.05) is 17.5 Å². The largest absolute Gasteiger partial charge is 0.493 e. The zero-order valence-corrected chi connectivity index (χ0v) is 15.5. The van der Waals surface area contributed by atoms with Crippen molar-refractivity contribution in [3.63, 3.8) is 0 Å². The topological polar surface area (TPSA) is 94.2 Å². The van der Waals surface area contributed by atoms with Crippen molar-refractivity contribution in [2.75, 3.05) is 26.4 Å². The van der Waals surface area contributed by atoms with Crippen molar-refractivity contribution in [3.8, 4) is 17.2 Å². The van der Waals surface area contributed by atoms with Crippen LogP contribution in [-0.2, 0) is 10.3 Å². The first-order valence-corrected chi connectivity index (χ1v) is 9.38. The minimum absolute atomic E-state index is 0.299. The van der Waals surface area contributed by atoms with Crippen LogP contribution in [0.4, 0.5) is 4.79 Å². The molecule has 0 radical (unpaired) electrons. The molecule has 3 amide bonds. The van der Waals surface area contributed by atoms with Gasteiger partial charge < -0.3 is 19.5 Å². The summed E-state index contributed by atoms with van der Waals surface area (Å²) in [7, 11) is 0. The number of hydrogen-bond donors (Lipinski definition) is 1. The highest BCUT2D eigenvalue weighted by Gasteiger charge is 2.55. The molecular weight excluding hydrogens is 376 g/mol. The van der Waals surface area contributed by atoms with Crippen LogP contribution in [0.2, 0.25) is 0 Å². The molecule has 3 aliphatic rings. The number of Topliss-reactive ketones (excluding diaryl/α,β-unsaturated/α-hetero) is 1. The third-order valence-electron chi connectivity index (χ3n) is 5.42. The van der Waals surface area contributed by atoms with Crippen LogP contribution in [0.3, 0.4) is 0 Å². The summed E-state index contributed by atoms with van der Waals surface area (Å²) in [6.45, 7) is 0.805. The Hall–Kier alpha value is -3.55. The van der Waals surface area contributed by atoms with E-state index in [1.807, 2.05) is 6.07 Å². The summed E-state index contributed by atoms with van der Waals surface area (Å²) >= 11 is 0. The Morgan fingerprint density at radius 2 is 1.72 bits per heavy atom. The van der Waals surface area contributed by atoms with Gasteiger partial charge in [0.25, 0.3) is 5.91 Å². The number of nitrogens with one attached hydrogen (secondary N) is 1. The van der Waals surface area contributed by atoms with E-state index in [9.17, 15) is 14.4 Å². The van der Waals surface area contributed by atoms with Gasteiger partial charge in [-0.3, -0.25) is 14.5 Å². The molecule has 3 aliphatic heterocycles. The highest BCUT2D eigenvalue weighted by atomic mass is 16.6. The summed E-state index contributed by atoms with van der Waals surface area (Å²) in [5.74, 6) is 0.814. The Balaban J connectivity index is 1.41. The lowest BCUT2D eigenvalue weighted by Gasteiger charge is -2.33. The lowest BCUT2D eigenvalue weighted by Crippen LogP contribution is -2.47. The Kier molecular flexibility index (Phi) is 3.94. The van der Waals surface area contributed by atoms with Crippen molar-refractivity contribution >= 4 is 17.7 Å². The van der Waals surface area contributed by atoms with Crippen LogP contribution < -0.4 is 19.5 Å². The van der Waals surface area contributed by atoms with Gasteiger partial charge in [-0.15, -0.1) is 0 Å². The molecule has 1 N–H and O–H groups in total. The first kappa shape index (κ1) is 17.5. The molecule has 1 spiro atoms. The maximum absolute atomic E-state index is 13.2. The quantitative estimate of drug-likeness (QED) is 0.631. The molecule has 0 aromatic heterocycles. The van der Waals surface area contributed by atoms with Gasteiger partial charge in [0.15, 0.2) is 22.8 Å². The van der Waals surface area contributed by atoms with Crippen molar-refractivity contribution in [1.82, 2.24) is 10.2 Å². The van der Waals surface area contributed by atoms with E-state index in [4.69, 9.17) is 14.2 Å². The van der Waals surface area contributed by atoms with Gasteiger partial charge in [-0.1, -0.05) is 18.2 Å². The van der Waals surface area contributed by atoms with Gasteiger partial charge >= 0.3 is 6.03 Å². The van der Waals surface area contributed by atoms with Crippen molar-refractivity contribution in [2.45, 2.75) is 12.0 Å². The molecule has 8 nitrogen and oxygen atoms in total. The van der Waals surface area contributed by atoms with Gasteiger partial charge in [-0.05, 0) is 24.3 Å². The predicted octanol–water partition coefficient (Wildman–Crippen LogP) is 1.87. The van der Waals surface area contributed by atoms with Crippen LogP contribution in [0.1, 0.15) is 22.3 Å². The van der Waals surface area contributed by atoms with Crippen molar-refractivity contribution in [3.05, 3.63) is 53.6 Å². The number of hydrogen-bond acceptors (Lipinski definition) is 6. The molecule has 148 valence electrons. The van der Waals surface area contributed by atoms with Crippen LogP contribution in [-0.4, -0.2) is 49.0 Å². The zero-order valence-electron chi connectivity index (χ0n) is 15.5. The van der Waals surface area contributed by atoms with Gasteiger partial charge in [0.2, 0.25) is 0 Å². The van der Waals surface area contributed by atoms with E-state index in [2.05, 4.69) is 5.32 Å². The molecule has 0 bridgehead atoms. The molecule has 1 fully saturated rings. The summed E-state index contributed by atoms with van der Waals surface area (Å²) in [5.41, 5.74) is -0.235. The monoisotopic (exact) mass is 394 g/mol. The molecule has 0 saturated carbocycles. The zero-order chi connectivity index (χ0) is 20.0. The normalized spacial score (nSPS) is 22.1. The maximum atomic E-state index is 13.2. The average Bonchev–Trinajstić information content (AvgIpc) is 2.98. The molecule has 0 unspecified atom stereocenters. The van der Waals surface area contributed by atoms with Crippen LogP contribution in [0.5, 0.6) is 17.2 Å². The number of carbonyl (C=O) groups is 3. The van der Waals surface area contributed by atoms with E-state index in [1.165, 1.54) is 0 Å². The summed E-state index contributed by atoms with van der Waals surface area (Å²) in [6, 6.07) is 11.4. The SMILES string of the molecule is O=C(CN1C(=O)N[C@@]2(CCOc3ccccc32)C1=O)c1ccc2c(c1)OCCO2. The first-order valence-electron chi connectivity index (χ1n) is 9.38. The fourth-order valence-electron chi connectivity index (χ4n) is 3.97. The van der Waals surface area contributed by atoms with E-state index >= 15 is 0 Å². The molecule has 5 rings (SSSR count). The second-order valence-electron chi connectivity index (χ2n) is 7.10. The Morgan fingerprint density at radius 3 is 2.59 bits per heavy atom. The predicted molar refractivity (Wildman–Crippen MR) is 100 cm³/mol. The highest BCUT2D eigenvalue weighted by molar-refractivity contribution is 6.11. The summed E-state index contributed by atoms with van der Waals surface area (Å²) in [6.07, 6.45) is 0.309. The van der Waals surface area contributed by atoms with E-state index in [1.54, 1.807) is 36.4 Å². The standard InChI is InChI=1S/C21H18N2O6/c24-15(13-5-6-17-18(11-13)29-10-9-28-17)12-23-19(25)21(22-20(23)26)7-8-27-16-4-2-1-3-14(16)21/h1-6,11H,7-10,12H2,(H,22,26)/t21-/m1/s1. The molecule has 1 atom stereocenters. The summed E-state index contributed by atoms with van der Waals surface area (Å²) in [4.78, 5) is 39.6. The van der Waals surface area contributed by atoms with E-state index in [-0.39, 0.29) is 12.3 Å². The van der Waals surface area contributed by atoms with Gasteiger partial charge in [-0.25, -0.2) is 4.79 Å². The van der Waals surface area contributed by atoms with Crippen LogP contribution >= 0.6 is 0 Å². The number of carbonyl (C=O) groups excluding carboxylic acids is 3. The smallest absolute Gasteiger partial charge is 0.325 e. The number of benzene rings is 2. The molecular formula is C21H18N2O6. The maximum Gasteiger partial charge on any atom is 0.325 e. The minimum Gasteiger partial charge on any atom is -0.493 e. The van der Waals surface area contributed by atoms with Crippen molar-refractivity contribution in [2.24, 2.45) is 0 Å². The molecule has 8 heteroatoms. The van der Waals surface area contributed by atoms with Gasteiger partial charge in [0.1, 0.15) is 19.0 Å². The lowest BCUT2D eigenvalue weighted by atomic mass is 9.84. The summed E-state index contributed by atoms with van der Waals surface area (Å²) < 4.78 is 16.6. The second-order valence-corrected chi connectivity index (χ2v) is 7.10. The van der Waals surface area contributed by atoms with E-state index in [0.29, 0.717) is 54.6 Å². The number of para-hydroxylation sites is 1. The Labute approximate surface area is 166 Å². The lowest BCUT2D eigenvalue weighted by molar-refractivity contribution is -0.132. The van der Waals surface area contributed by atoms with Crippen LogP contribution in [0.25, 0.3) is 0 Å². The second kappa shape index (κ2) is 6.51. The first-order chi connectivity index (χ1) is 14.1. The molecule has 1 saturated heterocycles. The van der Waals surface area contributed by atoms with E-state index < -0.39 is 17.5 Å². The van der Waals surface area contributed by atoms with Crippen LogP contribution in [0, 0.1) is 0 Å². The number of ketones is 1. The molecule has 29 heavy (non-hydrogen) atoms. The minimum atomic E-state index is -1.20. The highest BCUT2D eigenvalue weighted by Crippen LogP contribution is 2.41. The molecule has 3 heterocycles. The fraction of sp³-hybridized carbons (Fsp3) is 0.286. The number of rotatable bonds is 3. The van der Waals surface area contributed by atoms with Crippen molar-refractivity contribution < 1.29 is 28.6 Å².